The number of hydrogen-bond acceptors (Lipinski definition) is 5. The summed E-state index contributed by atoms with van der Waals surface area (Å²) in [5, 5.41) is 5.56. The molecule has 130 valence electrons. The van der Waals surface area contributed by atoms with Gasteiger partial charge < -0.3 is 4.74 Å². The van der Waals surface area contributed by atoms with Gasteiger partial charge in [0.25, 0.3) is 0 Å². The summed E-state index contributed by atoms with van der Waals surface area (Å²) in [7, 11) is -7.85. The molecule has 0 radical (unpaired) electrons. The Morgan fingerprint density at radius 2 is 1.62 bits per heavy atom. The fraction of sp³-hybridized carbons (Fsp3) is 0.143. The van der Waals surface area contributed by atoms with Crippen molar-refractivity contribution in [2.24, 2.45) is 5.14 Å². The molecule has 0 fully saturated rings. The Balaban J connectivity index is 1.97. The molecule has 0 bridgehead atoms. The van der Waals surface area contributed by atoms with E-state index in [-0.39, 0.29) is 22.9 Å². The Bertz CT molecular complexity index is 912. The third-order valence-corrected chi connectivity index (χ3v) is 5.54. The molecule has 0 atom stereocenters. The van der Waals surface area contributed by atoms with Crippen molar-refractivity contribution < 1.29 is 21.6 Å². The minimum atomic E-state index is -3.98. The monoisotopic (exact) mass is 390 g/mol. The van der Waals surface area contributed by atoms with Crippen molar-refractivity contribution in [2.45, 2.75) is 9.79 Å². The normalized spacial score (nSPS) is 12.1. The molecule has 0 aromatic heterocycles. The molecule has 7 nitrogen and oxygen atoms in total. The first-order valence-electron chi connectivity index (χ1n) is 6.69. The van der Waals surface area contributed by atoms with Gasteiger partial charge in [-0.3, -0.25) is 0 Å². The van der Waals surface area contributed by atoms with E-state index in [0.29, 0.717) is 10.8 Å². The van der Waals surface area contributed by atoms with Gasteiger partial charge in [0.05, 0.1) is 9.79 Å². The molecular weight excluding hydrogens is 376 g/mol. The lowest BCUT2D eigenvalue weighted by Crippen LogP contribution is -2.28. The van der Waals surface area contributed by atoms with Crippen molar-refractivity contribution in [2.75, 3.05) is 13.2 Å². The smallest absolute Gasteiger partial charge is 0.240 e. The highest BCUT2D eigenvalue weighted by molar-refractivity contribution is 7.90. The summed E-state index contributed by atoms with van der Waals surface area (Å²) >= 11 is 5.75. The van der Waals surface area contributed by atoms with Crippen LogP contribution in [0.1, 0.15) is 0 Å². The maximum atomic E-state index is 12.1. The van der Waals surface area contributed by atoms with Crippen LogP contribution < -0.4 is 14.6 Å². The van der Waals surface area contributed by atoms with Crippen LogP contribution in [-0.4, -0.2) is 30.0 Å². The van der Waals surface area contributed by atoms with E-state index < -0.39 is 20.0 Å². The molecular formula is C14H15ClN2O5S2. The summed E-state index contributed by atoms with van der Waals surface area (Å²) < 4.78 is 54.6. The molecule has 2 aromatic carbocycles. The molecule has 10 heteroatoms. The quantitative estimate of drug-likeness (QED) is 0.692. The largest absolute Gasteiger partial charge is 0.492 e. The first-order chi connectivity index (χ1) is 11.2. The lowest BCUT2D eigenvalue weighted by atomic mass is 10.3. The van der Waals surface area contributed by atoms with Gasteiger partial charge in [0, 0.05) is 11.6 Å². The van der Waals surface area contributed by atoms with Crippen LogP contribution in [0, 0.1) is 0 Å². The number of sulfonamides is 2. The number of ether oxygens (including phenoxy) is 1. The highest BCUT2D eigenvalue weighted by Crippen LogP contribution is 2.16. The Kier molecular flexibility index (Phi) is 5.83. The van der Waals surface area contributed by atoms with Crippen LogP contribution in [0.15, 0.2) is 58.3 Å². The van der Waals surface area contributed by atoms with E-state index in [9.17, 15) is 16.8 Å². The van der Waals surface area contributed by atoms with Gasteiger partial charge >= 0.3 is 0 Å². The second-order valence-electron chi connectivity index (χ2n) is 4.72. The standard InChI is InChI=1S/C14H15ClN2O5S2/c15-11-4-6-12(7-5-11)22-9-8-17-24(20,21)14-3-1-2-13(10-14)23(16,18)19/h1-7,10,17H,8-9H2,(H2,16,18,19). The van der Waals surface area contributed by atoms with Gasteiger partial charge in [0.2, 0.25) is 20.0 Å². The van der Waals surface area contributed by atoms with Gasteiger partial charge in [-0.25, -0.2) is 26.7 Å². The number of halogens is 1. The third-order valence-electron chi connectivity index (χ3n) is 2.92. The number of nitrogens with one attached hydrogen (secondary N) is 1. The van der Waals surface area contributed by atoms with Gasteiger partial charge in [-0.2, -0.15) is 0 Å². The van der Waals surface area contributed by atoms with E-state index in [1.54, 1.807) is 24.3 Å². The minimum absolute atomic E-state index is 0.00453. The highest BCUT2D eigenvalue weighted by atomic mass is 35.5. The van der Waals surface area contributed by atoms with Crippen LogP contribution >= 0.6 is 11.6 Å². The molecule has 2 aromatic rings. The van der Waals surface area contributed by atoms with Gasteiger partial charge in [0.1, 0.15) is 12.4 Å². The average Bonchev–Trinajstić information content (AvgIpc) is 2.53. The topological polar surface area (TPSA) is 116 Å². The van der Waals surface area contributed by atoms with Crippen LogP contribution in [0.3, 0.4) is 0 Å². The first kappa shape index (κ1) is 18.7. The summed E-state index contributed by atoms with van der Waals surface area (Å²) in [5.41, 5.74) is 0. The summed E-state index contributed by atoms with van der Waals surface area (Å²) in [4.78, 5) is -0.469. The number of benzene rings is 2. The van der Waals surface area contributed by atoms with Crippen LogP contribution in [0.25, 0.3) is 0 Å². The minimum Gasteiger partial charge on any atom is -0.492 e. The highest BCUT2D eigenvalue weighted by Gasteiger charge is 2.17. The first-order valence-corrected chi connectivity index (χ1v) is 10.1. The molecule has 24 heavy (non-hydrogen) atoms. The van der Waals surface area contributed by atoms with Crippen molar-refractivity contribution in [1.82, 2.24) is 4.72 Å². The number of nitrogens with two attached hydrogens (primary N) is 1. The lowest BCUT2D eigenvalue weighted by Gasteiger charge is -2.09. The molecule has 0 aliphatic heterocycles. The Morgan fingerprint density at radius 3 is 2.25 bits per heavy atom. The average molecular weight is 391 g/mol. The molecule has 0 amide bonds. The van der Waals surface area contributed by atoms with Crippen molar-refractivity contribution in [1.29, 1.82) is 0 Å². The fourth-order valence-corrected chi connectivity index (χ4v) is 3.60. The number of rotatable bonds is 7. The third kappa shape index (κ3) is 5.18. The zero-order chi connectivity index (χ0) is 17.8. The van der Waals surface area contributed by atoms with E-state index in [1.165, 1.54) is 18.2 Å². The molecule has 3 N–H and O–H groups in total. The van der Waals surface area contributed by atoms with Crippen LogP contribution in [0.2, 0.25) is 5.02 Å². The molecule has 0 saturated carbocycles. The number of primary sulfonamides is 1. The Labute approximate surface area is 145 Å². The fourth-order valence-electron chi connectivity index (χ4n) is 1.78. The van der Waals surface area contributed by atoms with Crippen LogP contribution in [0.4, 0.5) is 0 Å². The second kappa shape index (κ2) is 7.49. The summed E-state index contributed by atoms with van der Waals surface area (Å²) in [5.74, 6) is 0.551. The maximum absolute atomic E-state index is 12.1. The predicted octanol–water partition coefficient (Wildman–Crippen LogP) is 1.34. The summed E-state index contributed by atoms with van der Waals surface area (Å²) in [6.45, 7) is 0.0975. The van der Waals surface area contributed by atoms with E-state index in [1.807, 2.05) is 0 Å². The van der Waals surface area contributed by atoms with E-state index >= 15 is 0 Å². The van der Waals surface area contributed by atoms with Crippen LogP contribution in [-0.2, 0) is 20.0 Å². The summed E-state index contributed by atoms with van der Waals surface area (Å²) in [6.07, 6.45) is 0. The zero-order valence-corrected chi connectivity index (χ0v) is 14.7. The van der Waals surface area contributed by atoms with Crippen molar-refractivity contribution in [3.63, 3.8) is 0 Å². The number of hydrogen-bond donors (Lipinski definition) is 2. The molecule has 0 saturated heterocycles. The van der Waals surface area contributed by atoms with Crippen molar-refractivity contribution in [3.05, 3.63) is 53.6 Å². The Morgan fingerprint density at radius 1 is 1.00 bits per heavy atom. The maximum Gasteiger partial charge on any atom is 0.240 e. The van der Waals surface area contributed by atoms with Crippen LogP contribution in [0.5, 0.6) is 5.75 Å². The van der Waals surface area contributed by atoms with E-state index in [0.717, 1.165) is 6.07 Å². The van der Waals surface area contributed by atoms with E-state index in [4.69, 9.17) is 21.5 Å². The van der Waals surface area contributed by atoms with Gasteiger partial charge in [-0.05, 0) is 42.5 Å². The Hall–Kier alpha value is -1.65. The van der Waals surface area contributed by atoms with Gasteiger partial charge in [-0.15, -0.1) is 0 Å². The van der Waals surface area contributed by atoms with Crippen molar-refractivity contribution in [3.8, 4) is 5.75 Å². The molecule has 2 rings (SSSR count). The SMILES string of the molecule is NS(=O)(=O)c1cccc(S(=O)(=O)NCCOc2ccc(Cl)cc2)c1. The zero-order valence-electron chi connectivity index (χ0n) is 12.3. The summed E-state index contributed by atoms with van der Waals surface area (Å²) in [6, 6.07) is 11.4. The molecule has 0 heterocycles. The predicted molar refractivity (Wildman–Crippen MR) is 90.0 cm³/mol. The lowest BCUT2D eigenvalue weighted by molar-refractivity contribution is 0.323. The van der Waals surface area contributed by atoms with E-state index in [2.05, 4.69) is 4.72 Å². The molecule has 0 spiro atoms. The van der Waals surface area contributed by atoms with Crippen molar-refractivity contribution >= 4 is 31.6 Å². The molecule has 0 unspecified atom stereocenters. The van der Waals surface area contributed by atoms with Gasteiger partial charge in [-0.1, -0.05) is 17.7 Å². The molecule has 0 aliphatic rings. The van der Waals surface area contributed by atoms with Gasteiger partial charge in [0.15, 0.2) is 0 Å². The second-order valence-corrected chi connectivity index (χ2v) is 8.48. The molecule has 0 aliphatic carbocycles.